The van der Waals surface area contributed by atoms with Crippen molar-refractivity contribution in [3.63, 3.8) is 0 Å². The van der Waals surface area contributed by atoms with Crippen molar-refractivity contribution in [3.05, 3.63) is 0 Å². The third-order valence-corrected chi connectivity index (χ3v) is 2.72. The number of rotatable bonds is 2. The van der Waals surface area contributed by atoms with Gasteiger partial charge in [0.1, 0.15) is 11.7 Å². The third-order valence-electron chi connectivity index (χ3n) is 2.72. The molecule has 1 aliphatic carbocycles. The van der Waals surface area contributed by atoms with E-state index in [1.54, 1.807) is 41.5 Å². The zero-order chi connectivity index (χ0) is 15.1. The highest BCUT2D eigenvalue weighted by Gasteiger charge is 2.66. The molecule has 1 rings (SSSR count). The molecule has 5 nitrogen and oxygen atoms in total. The predicted octanol–water partition coefficient (Wildman–Crippen LogP) is 2.20. The number of carbonyl (C=O) groups is 2. The summed E-state index contributed by atoms with van der Waals surface area (Å²) in [5.74, 6) is -1.03. The molecule has 0 aliphatic heterocycles. The summed E-state index contributed by atoms with van der Waals surface area (Å²) < 4.78 is 10.4. The minimum absolute atomic E-state index is 0.209. The molecule has 1 aliphatic rings. The second-order valence-electron chi connectivity index (χ2n) is 6.93. The van der Waals surface area contributed by atoms with Crippen LogP contribution in [0.2, 0.25) is 0 Å². The maximum Gasteiger partial charge on any atom is 0.331 e. The van der Waals surface area contributed by atoms with E-state index in [4.69, 9.17) is 14.7 Å². The van der Waals surface area contributed by atoms with Crippen molar-refractivity contribution in [1.82, 2.24) is 0 Å². The Morgan fingerprint density at radius 3 is 2.11 bits per heavy atom. The lowest BCUT2D eigenvalue weighted by Crippen LogP contribution is -2.32. The first-order valence-electron chi connectivity index (χ1n) is 6.28. The number of carbonyl (C=O) groups excluding carboxylic acids is 2. The molecule has 2 unspecified atom stereocenters. The first-order chi connectivity index (χ1) is 8.42. The quantitative estimate of drug-likeness (QED) is 0.717. The van der Waals surface area contributed by atoms with E-state index in [-0.39, 0.29) is 6.42 Å². The average Bonchev–Trinajstić information content (AvgIpc) is 2.88. The van der Waals surface area contributed by atoms with E-state index in [1.807, 2.05) is 6.07 Å². The summed E-state index contributed by atoms with van der Waals surface area (Å²) in [6.45, 7) is 10.4. The van der Waals surface area contributed by atoms with E-state index < -0.39 is 34.5 Å². The molecular formula is C14H21NO4. The predicted molar refractivity (Wildman–Crippen MR) is 67.8 cm³/mol. The molecule has 0 saturated heterocycles. The Morgan fingerprint density at radius 1 is 1.21 bits per heavy atom. The molecule has 0 spiro atoms. The fraction of sp³-hybridized carbons (Fsp3) is 0.786. The van der Waals surface area contributed by atoms with Gasteiger partial charge >= 0.3 is 11.9 Å². The van der Waals surface area contributed by atoms with Gasteiger partial charge in [-0.3, -0.25) is 9.59 Å². The molecule has 0 heterocycles. The standard InChI is InChI=1S/C14H21NO4/c1-12(2,3)10(16)18-9-7-14(9,8-15)11(17)19-13(4,5)6/h9H,7H2,1-6H3. The number of nitriles is 1. The molecule has 106 valence electrons. The minimum Gasteiger partial charge on any atom is -0.460 e. The van der Waals surface area contributed by atoms with Gasteiger partial charge in [-0.2, -0.15) is 5.26 Å². The number of esters is 2. The second-order valence-corrected chi connectivity index (χ2v) is 6.93. The topological polar surface area (TPSA) is 76.4 Å². The second kappa shape index (κ2) is 4.52. The minimum atomic E-state index is -1.33. The van der Waals surface area contributed by atoms with E-state index >= 15 is 0 Å². The Hall–Kier alpha value is -1.57. The van der Waals surface area contributed by atoms with Crippen LogP contribution in [0.4, 0.5) is 0 Å². The number of hydrogen-bond donors (Lipinski definition) is 0. The Kier molecular flexibility index (Phi) is 3.68. The van der Waals surface area contributed by atoms with Gasteiger partial charge in [0, 0.05) is 6.42 Å². The summed E-state index contributed by atoms with van der Waals surface area (Å²) in [5, 5.41) is 9.17. The SMILES string of the molecule is CC(C)(C)OC(=O)C1(C#N)CC1OC(=O)C(C)(C)C. The summed E-state index contributed by atoms with van der Waals surface area (Å²) in [5.41, 5.74) is -2.64. The highest BCUT2D eigenvalue weighted by molar-refractivity contribution is 5.86. The largest absolute Gasteiger partial charge is 0.460 e. The Bertz CT molecular complexity index is 436. The molecule has 0 amide bonds. The van der Waals surface area contributed by atoms with Crippen LogP contribution in [0.25, 0.3) is 0 Å². The molecule has 0 aromatic rings. The first-order valence-corrected chi connectivity index (χ1v) is 6.28. The van der Waals surface area contributed by atoms with Crippen LogP contribution >= 0.6 is 0 Å². The van der Waals surface area contributed by atoms with E-state index in [0.717, 1.165) is 0 Å². The molecule has 0 N–H and O–H groups in total. The van der Waals surface area contributed by atoms with Crippen LogP contribution in [0.5, 0.6) is 0 Å². The van der Waals surface area contributed by atoms with Crippen LogP contribution in [0.3, 0.4) is 0 Å². The van der Waals surface area contributed by atoms with Gasteiger partial charge in [0.2, 0.25) is 0 Å². The first kappa shape index (κ1) is 15.5. The van der Waals surface area contributed by atoms with E-state index in [0.29, 0.717) is 0 Å². The van der Waals surface area contributed by atoms with Gasteiger partial charge in [0.05, 0.1) is 11.5 Å². The van der Waals surface area contributed by atoms with Gasteiger partial charge in [0.15, 0.2) is 5.41 Å². The van der Waals surface area contributed by atoms with Gasteiger partial charge in [-0.1, -0.05) is 0 Å². The van der Waals surface area contributed by atoms with E-state index in [1.165, 1.54) is 0 Å². The summed E-state index contributed by atoms with van der Waals surface area (Å²) in [6, 6.07) is 1.93. The van der Waals surface area contributed by atoms with E-state index in [9.17, 15) is 9.59 Å². The molecule has 2 atom stereocenters. The zero-order valence-corrected chi connectivity index (χ0v) is 12.4. The van der Waals surface area contributed by atoms with Crippen molar-refractivity contribution >= 4 is 11.9 Å². The Morgan fingerprint density at radius 2 is 1.74 bits per heavy atom. The van der Waals surface area contributed by atoms with Crippen molar-refractivity contribution in [2.75, 3.05) is 0 Å². The summed E-state index contributed by atoms with van der Waals surface area (Å²) in [7, 11) is 0. The lowest BCUT2D eigenvalue weighted by atomic mass is 9.97. The number of hydrogen-bond acceptors (Lipinski definition) is 5. The number of nitrogens with zero attached hydrogens (tertiary/aromatic N) is 1. The monoisotopic (exact) mass is 267 g/mol. The molecule has 5 heteroatoms. The maximum absolute atomic E-state index is 12.0. The molecule has 19 heavy (non-hydrogen) atoms. The maximum atomic E-state index is 12.0. The van der Waals surface area contributed by atoms with Gasteiger partial charge in [-0.15, -0.1) is 0 Å². The lowest BCUT2D eigenvalue weighted by molar-refractivity contribution is -0.164. The fourth-order valence-electron chi connectivity index (χ4n) is 1.43. The van der Waals surface area contributed by atoms with Crippen molar-refractivity contribution in [2.24, 2.45) is 10.8 Å². The van der Waals surface area contributed by atoms with E-state index in [2.05, 4.69) is 0 Å². The molecule has 1 saturated carbocycles. The van der Waals surface area contributed by atoms with Crippen LogP contribution in [0.1, 0.15) is 48.0 Å². The third kappa shape index (κ3) is 3.46. The summed E-state index contributed by atoms with van der Waals surface area (Å²) in [6.07, 6.45) is -0.487. The Labute approximate surface area is 113 Å². The molecular weight excluding hydrogens is 246 g/mol. The summed E-state index contributed by atoms with van der Waals surface area (Å²) >= 11 is 0. The van der Waals surface area contributed by atoms with Crippen molar-refractivity contribution < 1.29 is 19.1 Å². The highest BCUT2D eigenvalue weighted by atomic mass is 16.6. The van der Waals surface area contributed by atoms with Crippen molar-refractivity contribution in [3.8, 4) is 6.07 Å². The molecule has 0 radical (unpaired) electrons. The van der Waals surface area contributed by atoms with Crippen LogP contribution in [-0.2, 0) is 19.1 Å². The fourth-order valence-corrected chi connectivity index (χ4v) is 1.43. The molecule has 0 bridgehead atoms. The van der Waals surface area contributed by atoms with Crippen LogP contribution < -0.4 is 0 Å². The highest BCUT2D eigenvalue weighted by Crippen LogP contribution is 2.50. The van der Waals surface area contributed by atoms with Gasteiger partial charge < -0.3 is 9.47 Å². The van der Waals surface area contributed by atoms with Gasteiger partial charge in [-0.05, 0) is 41.5 Å². The van der Waals surface area contributed by atoms with Crippen molar-refractivity contribution in [2.45, 2.75) is 59.7 Å². The average molecular weight is 267 g/mol. The summed E-state index contributed by atoms with van der Waals surface area (Å²) in [4.78, 5) is 23.7. The van der Waals surface area contributed by atoms with Crippen molar-refractivity contribution in [1.29, 1.82) is 5.26 Å². The number of ether oxygens (including phenoxy) is 2. The van der Waals surface area contributed by atoms with Gasteiger partial charge in [0.25, 0.3) is 0 Å². The van der Waals surface area contributed by atoms with Crippen LogP contribution in [-0.4, -0.2) is 23.6 Å². The Balaban J connectivity index is 2.72. The molecule has 0 aromatic heterocycles. The molecule has 0 aromatic carbocycles. The van der Waals surface area contributed by atoms with Crippen LogP contribution in [0, 0.1) is 22.2 Å². The lowest BCUT2D eigenvalue weighted by Gasteiger charge is -2.22. The zero-order valence-electron chi connectivity index (χ0n) is 12.4. The van der Waals surface area contributed by atoms with Gasteiger partial charge in [-0.25, -0.2) is 0 Å². The van der Waals surface area contributed by atoms with Crippen LogP contribution in [0.15, 0.2) is 0 Å². The smallest absolute Gasteiger partial charge is 0.331 e. The normalized spacial score (nSPS) is 26.3. The molecule has 1 fully saturated rings.